The Morgan fingerprint density at radius 1 is 1.22 bits per heavy atom. The number of carbonyl (C=O) groups is 1. The maximum atomic E-state index is 12.0. The van der Waals surface area contributed by atoms with Crippen molar-refractivity contribution < 1.29 is 4.79 Å². The molecule has 1 aliphatic rings. The molecule has 0 radical (unpaired) electrons. The van der Waals surface area contributed by atoms with Crippen molar-refractivity contribution in [3.05, 3.63) is 34.9 Å². The van der Waals surface area contributed by atoms with Gasteiger partial charge in [-0.15, -0.1) is 0 Å². The highest BCUT2D eigenvalue weighted by Gasteiger charge is 2.18. The Morgan fingerprint density at radius 3 is 2.44 bits per heavy atom. The molecule has 1 saturated heterocycles. The van der Waals surface area contributed by atoms with Gasteiger partial charge in [0.15, 0.2) is 0 Å². The van der Waals surface area contributed by atoms with Gasteiger partial charge in [-0.25, -0.2) is 4.79 Å². The molecule has 3 nitrogen and oxygen atoms in total. The molecule has 98 valence electrons. The molecule has 1 N–H and O–H groups in total. The van der Waals surface area contributed by atoms with Crippen LogP contribution in [0.5, 0.6) is 0 Å². The lowest BCUT2D eigenvalue weighted by atomic mass is 10.1. The van der Waals surface area contributed by atoms with Gasteiger partial charge in [0.25, 0.3) is 0 Å². The minimum Gasteiger partial charge on any atom is -0.331 e. The molecule has 2 amide bonds. The van der Waals surface area contributed by atoms with Crippen LogP contribution < -0.4 is 5.32 Å². The van der Waals surface area contributed by atoms with Crippen LogP contribution in [-0.2, 0) is 0 Å². The number of nitrogens with one attached hydrogen (secondary N) is 1. The molecule has 18 heavy (non-hydrogen) atoms. The zero-order valence-corrected chi connectivity index (χ0v) is 11.4. The van der Waals surface area contributed by atoms with E-state index in [4.69, 9.17) is 11.6 Å². The lowest BCUT2D eigenvalue weighted by Gasteiger charge is -2.28. The summed E-state index contributed by atoms with van der Waals surface area (Å²) in [5.41, 5.74) is 1.07. The topological polar surface area (TPSA) is 32.3 Å². The van der Waals surface area contributed by atoms with E-state index in [-0.39, 0.29) is 12.1 Å². The summed E-state index contributed by atoms with van der Waals surface area (Å²) in [6.45, 7) is 3.74. The summed E-state index contributed by atoms with van der Waals surface area (Å²) in [6, 6.07) is 7.64. The Balaban J connectivity index is 1.91. The Kier molecular flexibility index (Phi) is 4.48. The number of piperidine rings is 1. The molecule has 1 unspecified atom stereocenters. The highest BCUT2D eigenvalue weighted by atomic mass is 35.5. The average molecular weight is 267 g/mol. The van der Waals surface area contributed by atoms with Crippen molar-refractivity contribution in [1.82, 2.24) is 10.2 Å². The largest absolute Gasteiger partial charge is 0.331 e. The number of amides is 2. The number of rotatable bonds is 2. The Morgan fingerprint density at radius 2 is 1.83 bits per heavy atom. The van der Waals surface area contributed by atoms with Gasteiger partial charge in [-0.2, -0.15) is 0 Å². The van der Waals surface area contributed by atoms with E-state index in [0.717, 1.165) is 31.5 Å². The Hall–Kier alpha value is -1.22. The molecule has 0 bridgehead atoms. The Bertz CT molecular complexity index is 399. The van der Waals surface area contributed by atoms with Gasteiger partial charge in [0.2, 0.25) is 0 Å². The molecule has 1 aromatic rings. The third-order valence-electron chi connectivity index (χ3n) is 3.35. The quantitative estimate of drug-likeness (QED) is 0.872. The van der Waals surface area contributed by atoms with E-state index in [1.54, 1.807) is 0 Å². The average Bonchev–Trinajstić information content (AvgIpc) is 2.40. The van der Waals surface area contributed by atoms with Crippen molar-refractivity contribution in [2.75, 3.05) is 13.1 Å². The molecule has 1 aromatic carbocycles. The van der Waals surface area contributed by atoms with Crippen molar-refractivity contribution in [3.8, 4) is 0 Å². The first kappa shape index (κ1) is 13.2. The van der Waals surface area contributed by atoms with Crippen LogP contribution in [0.15, 0.2) is 24.3 Å². The van der Waals surface area contributed by atoms with Crippen LogP contribution in [0, 0.1) is 0 Å². The van der Waals surface area contributed by atoms with E-state index in [2.05, 4.69) is 5.32 Å². The Labute approximate surface area is 113 Å². The van der Waals surface area contributed by atoms with E-state index < -0.39 is 0 Å². The second-order valence-corrected chi connectivity index (χ2v) is 5.21. The van der Waals surface area contributed by atoms with Gasteiger partial charge in [0.05, 0.1) is 6.04 Å². The number of likely N-dealkylation sites (tertiary alicyclic amines) is 1. The molecular weight excluding hydrogens is 248 g/mol. The van der Waals surface area contributed by atoms with E-state index in [1.807, 2.05) is 36.1 Å². The SMILES string of the molecule is CC(NC(=O)N1CCCCC1)c1ccc(Cl)cc1. The summed E-state index contributed by atoms with van der Waals surface area (Å²) in [5.74, 6) is 0. The fraction of sp³-hybridized carbons (Fsp3) is 0.500. The first-order chi connectivity index (χ1) is 8.66. The van der Waals surface area contributed by atoms with Crippen molar-refractivity contribution in [3.63, 3.8) is 0 Å². The second-order valence-electron chi connectivity index (χ2n) is 4.77. The molecule has 2 rings (SSSR count). The summed E-state index contributed by atoms with van der Waals surface area (Å²) >= 11 is 5.85. The summed E-state index contributed by atoms with van der Waals surface area (Å²) in [5, 5.41) is 3.75. The van der Waals surface area contributed by atoms with Gasteiger partial charge in [0.1, 0.15) is 0 Å². The molecule has 1 fully saturated rings. The maximum Gasteiger partial charge on any atom is 0.317 e. The molecular formula is C14H19ClN2O. The smallest absolute Gasteiger partial charge is 0.317 e. The molecule has 0 aromatic heterocycles. The fourth-order valence-corrected chi connectivity index (χ4v) is 2.33. The first-order valence-corrected chi connectivity index (χ1v) is 6.85. The number of carbonyl (C=O) groups excluding carboxylic acids is 1. The van der Waals surface area contributed by atoms with E-state index in [9.17, 15) is 4.79 Å². The predicted octanol–water partition coefficient (Wildman–Crippen LogP) is 3.60. The van der Waals surface area contributed by atoms with Crippen LogP contribution in [0.2, 0.25) is 5.02 Å². The molecule has 1 heterocycles. The number of urea groups is 1. The van der Waals surface area contributed by atoms with Crippen LogP contribution in [0.3, 0.4) is 0 Å². The number of halogens is 1. The van der Waals surface area contributed by atoms with Gasteiger partial charge in [0, 0.05) is 18.1 Å². The molecule has 0 spiro atoms. The van der Waals surface area contributed by atoms with Gasteiger partial charge in [-0.1, -0.05) is 23.7 Å². The lowest BCUT2D eigenvalue weighted by Crippen LogP contribution is -2.43. The van der Waals surface area contributed by atoms with Crippen LogP contribution in [0.1, 0.15) is 37.8 Å². The third-order valence-corrected chi connectivity index (χ3v) is 3.61. The van der Waals surface area contributed by atoms with Crippen molar-refractivity contribution in [2.45, 2.75) is 32.2 Å². The van der Waals surface area contributed by atoms with Crippen molar-refractivity contribution in [2.24, 2.45) is 0 Å². The zero-order chi connectivity index (χ0) is 13.0. The van der Waals surface area contributed by atoms with Gasteiger partial charge < -0.3 is 10.2 Å². The number of nitrogens with zero attached hydrogens (tertiary/aromatic N) is 1. The van der Waals surface area contributed by atoms with E-state index >= 15 is 0 Å². The summed E-state index contributed by atoms with van der Waals surface area (Å²) < 4.78 is 0. The van der Waals surface area contributed by atoms with Gasteiger partial charge in [-0.3, -0.25) is 0 Å². The molecule has 0 saturated carbocycles. The first-order valence-electron chi connectivity index (χ1n) is 6.48. The minimum atomic E-state index is 0.0108. The summed E-state index contributed by atoms with van der Waals surface area (Å²) in [4.78, 5) is 13.9. The third kappa shape index (κ3) is 3.39. The van der Waals surface area contributed by atoms with Crippen molar-refractivity contribution in [1.29, 1.82) is 0 Å². The number of hydrogen-bond donors (Lipinski definition) is 1. The molecule has 0 aliphatic carbocycles. The van der Waals surface area contributed by atoms with Crippen molar-refractivity contribution >= 4 is 17.6 Å². The highest BCUT2D eigenvalue weighted by molar-refractivity contribution is 6.30. The molecule has 1 aliphatic heterocycles. The maximum absolute atomic E-state index is 12.0. The predicted molar refractivity (Wildman–Crippen MR) is 73.8 cm³/mol. The fourth-order valence-electron chi connectivity index (χ4n) is 2.21. The summed E-state index contributed by atoms with van der Waals surface area (Å²) in [6.07, 6.45) is 3.46. The minimum absolute atomic E-state index is 0.0108. The number of hydrogen-bond acceptors (Lipinski definition) is 1. The van der Waals surface area contributed by atoms with Gasteiger partial charge >= 0.3 is 6.03 Å². The second kappa shape index (κ2) is 6.10. The molecule has 4 heteroatoms. The molecule has 1 atom stereocenters. The van der Waals surface area contributed by atoms with E-state index in [1.165, 1.54) is 6.42 Å². The monoisotopic (exact) mass is 266 g/mol. The van der Waals surface area contributed by atoms with E-state index in [0.29, 0.717) is 5.02 Å². The zero-order valence-electron chi connectivity index (χ0n) is 10.7. The van der Waals surface area contributed by atoms with Crippen LogP contribution in [0.4, 0.5) is 4.79 Å². The number of benzene rings is 1. The highest BCUT2D eigenvalue weighted by Crippen LogP contribution is 2.17. The van der Waals surface area contributed by atoms with Crippen LogP contribution in [-0.4, -0.2) is 24.0 Å². The van der Waals surface area contributed by atoms with Gasteiger partial charge in [-0.05, 0) is 43.9 Å². The van der Waals surface area contributed by atoms with Crippen LogP contribution >= 0.6 is 11.6 Å². The standard InChI is InChI=1S/C14H19ClN2O/c1-11(12-5-7-13(15)8-6-12)16-14(18)17-9-3-2-4-10-17/h5-8,11H,2-4,9-10H2,1H3,(H,16,18). The lowest BCUT2D eigenvalue weighted by molar-refractivity contribution is 0.183. The normalized spacial score (nSPS) is 17.3. The summed E-state index contributed by atoms with van der Waals surface area (Å²) in [7, 11) is 0. The van der Waals surface area contributed by atoms with Crippen LogP contribution in [0.25, 0.3) is 0 Å².